The molecule has 3 heteroatoms. The molecule has 0 bridgehead atoms. The number of hydrogen-bond acceptors (Lipinski definition) is 2. The highest BCUT2D eigenvalue weighted by atomic mass is 16.6. The van der Waals surface area contributed by atoms with E-state index in [1.807, 2.05) is 0 Å². The van der Waals surface area contributed by atoms with Crippen molar-refractivity contribution in [1.82, 2.24) is 5.32 Å². The normalized spacial score (nSPS) is 38.2. The zero-order chi connectivity index (χ0) is 6.97. The van der Waals surface area contributed by atoms with Crippen molar-refractivity contribution in [3.05, 3.63) is 0 Å². The van der Waals surface area contributed by atoms with Crippen molar-refractivity contribution in [3.8, 4) is 0 Å². The second kappa shape index (κ2) is 2.15. The van der Waals surface area contributed by atoms with E-state index in [2.05, 4.69) is 5.32 Å². The van der Waals surface area contributed by atoms with Crippen LogP contribution in [0.15, 0.2) is 0 Å². The molecule has 2 rings (SSSR count). The Bertz CT molecular complexity index is 142. The van der Waals surface area contributed by atoms with E-state index in [1.54, 1.807) is 0 Å². The molecule has 1 aliphatic carbocycles. The number of alkyl carbamates (subject to hydrolysis) is 1. The molecule has 0 aromatic heterocycles. The minimum atomic E-state index is -0.225. The van der Waals surface area contributed by atoms with Crippen molar-refractivity contribution >= 4 is 6.09 Å². The number of rotatable bonds is 0. The van der Waals surface area contributed by atoms with E-state index < -0.39 is 0 Å². The van der Waals surface area contributed by atoms with Crippen LogP contribution in [0.25, 0.3) is 0 Å². The van der Waals surface area contributed by atoms with Crippen molar-refractivity contribution in [2.75, 3.05) is 0 Å². The SMILES string of the molecule is O=C1N[C@H]2CCCC[C@H]2O1. The maximum Gasteiger partial charge on any atom is 0.407 e. The first-order valence-electron chi connectivity index (χ1n) is 3.83. The van der Waals surface area contributed by atoms with Crippen LogP contribution >= 0.6 is 0 Å². The topological polar surface area (TPSA) is 38.3 Å². The average Bonchev–Trinajstić information content (AvgIpc) is 2.27. The number of amides is 1. The smallest absolute Gasteiger partial charge is 0.407 e. The molecule has 0 radical (unpaired) electrons. The van der Waals surface area contributed by atoms with Gasteiger partial charge in [0.05, 0.1) is 6.04 Å². The van der Waals surface area contributed by atoms with Gasteiger partial charge in [-0.15, -0.1) is 0 Å². The Kier molecular flexibility index (Phi) is 1.29. The average molecular weight is 141 g/mol. The number of fused-ring (bicyclic) bond motifs is 1. The summed E-state index contributed by atoms with van der Waals surface area (Å²) in [6.45, 7) is 0. The molecule has 0 aromatic carbocycles. The van der Waals surface area contributed by atoms with Gasteiger partial charge in [-0.2, -0.15) is 0 Å². The Balaban J connectivity index is 2.04. The van der Waals surface area contributed by atoms with E-state index in [0.717, 1.165) is 12.8 Å². The van der Waals surface area contributed by atoms with Gasteiger partial charge in [0.25, 0.3) is 0 Å². The summed E-state index contributed by atoms with van der Waals surface area (Å²) in [6.07, 6.45) is 4.53. The van der Waals surface area contributed by atoms with Crippen LogP contribution in [0, 0.1) is 0 Å². The molecule has 2 atom stereocenters. The van der Waals surface area contributed by atoms with Crippen molar-refractivity contribution in [1.29, 1.82) is 0 Å². The summed E-state index contributed by atoms with van der Waals surface area (Å²) >= 11 is 0. The first kappa shape index (κ1) is 6.01. The lowest BCUT2D eigenvalue weighted by molar-refractivity contribution is 0.113. The van der Waals surface area contributed by atoms with Gasteiger partial charge in [-0.05, 0) is 19.3 Å². The van der Waals surface area contributed by atoms with Crippen LogP contribution in [0.4, 0.5) is 4.79 Å². The quantitative estimate of drug-likeness (QED) is 0.547. The Morgan fingerprint density at radius 3 is 3.00 bits per heavy atom. The van der Waals surface area contributed by atoms with E-state index in [0.29, 0.717) is 6.04 Å². The third-order valence-electron chi connectivity index (χ3n) is 2.26. The first-order valence-corrected chi connectivity index (χ1v) is 3.83. The minimum absolute atomic E-state index is 0.182. The fraction of sp³-hybridized carbons (Fsp3) is 0.857. The van der Waals surface area contributed by atoms with Gasteiger partial charge in [0, 0.05) is 0 Å². The largest absolute Gasteiger partial charge is 0.444 e. The summed E-state index contributed by atoms with van der Waals surface area (Å²) in [5.41, 5.74) is 0. The van der Waals surface area contributed by atoms with E-state index in [-0.39, 0.29) is 12.2 Å². The van der Waals surface area contributed by atoms with Gasteiger partial charge >= 0.3 is 6.09 Å². The molecule has 1 amide bonds. The van der Waals surface area contributed by atoms with Crippen LogP contribution in [-0.2, 0) is 4.74 Å². The molecule has 56 valence electrons. The zero-order valence-corrected chi connectivity index (χ0v) is 5.80. The molecule has 1 aliphatic heterocycles. The van der Waals surface area contributed by atoms with Gasteiger partial charge in [-0.25, -0.2) is 4.79 Å². The molecule has 1 saturated heterocycles. The van der Waals surface area contributed by atoms with E-state index >= 15 is 0 Å². The third kappa shape index (κ3) is 0.856. The van der Waals surface area contributed by atoms with Gasteiger partial charge in [-0.1, -0.05) is 6.42 Å². The number of ether oxygens (including phenoxy) is 1. The van der Waals surface area contributed by atoms with Gasteiger partial charge < -0.3 is 10.1 Å². The van der Waals surface area contributed by atoms with E-state index in [4.69, 9.17) is 4.74 Å². The number of nitrogens with one attached hydrogen (secondary N) is 1. The Labute approximate surface area is 59.7 Å². The molecule has 2 aliphatic rings. The van der Waals surface area contributed by atoms with Gasteiger partial charge in [-0.3, -0.25) is 0 Å². The van der Waals surface area contributed by atoms with Crippen molar-refractivity contribution in [2.45, 2.75) is 37.8 Å². The van der Waals surface area contributed by atoms with E-state index in [9.17, 15) is 4.79 Å². The molecule has 10 heavy (non-hydrogen) atoms. The molecule has 2 fully saturated rings. The molecule has 3 nitrogen and oxygen atoms in total. The fourth-order valence-corrected chi connectivity index (χ4v) is 1.73. The highest BCUT2D eigenvalue weighted by Gasteiger charge is 2.35. The predicted molar refractivity (Wildman–Crippen MR) is 35.7 cm³/mol. The molecule has 1 N–H and O–H groups in total. The van der Waals surface area contributed by atoms with Crippen LogP contribution in [0.3, 0.4) is 0 Å². The molecule has 1 saturated carbocycles. The standard InChI is InChI=1S/C7H11NO2/c9-7-8-5-3-1-2-4-6(5)10-7/h5-6H,1-4H2,(H,8,9)/t5-,6+/m0/s1. The number of hydrogen-bond donors (Lipinski definition) is 1. The molecule has 0 aromatic rings. The number of carbonyl (C=O) groups excluding carboxylic acids is 1. The lowest BCUT2D eigenvalue weighted by atomic mass is 9.93. The Morgan fingerprint density at radius 1 is 1.40 bits per heavy atom. The minimum Gasteiger partial charge on any atom is -0.444 e. The van der Waals surface area contributed by atoms with Crippen LogP contribution < -0.4 is 5.32 Å². The Hall–Kier alpha value is -0.730. The summed E-state index contributed by atoms with van der Waals surface area (Å²) in [5.74, 6) is 0. The maximum absolute atomic E-state index is 10.7. The maximum atomic E-state index is 10.7. The summed E-state index contributed by atoms with van der Waals surface area (Å²) < 4.78 is 5.02. The van der Waals surface area contributed by atoms with Crippen molar-refractivity contribution in [3.63, 3.8) is 0 Å². The molecule has 0 spiro atoms. The summed E-state index contributed by atoms with van der Waals surface area (Å²) in [4.78, 5) is 10.7. The molecule has 0 unspecified atom stereocenters. The highest BCUT2D eigenvalue weighted by Crippen LogP contribution is 2.24. The summed E-state index contributed by atoms with van der Waals surface area (Å²) in [6, 6.07) is 0.321. The summed E-state index contributed by atoms with van der Waals surface area (Å²) in [7, 11) is 0. The van der Waals surface area contributed by atoms with E-state index in [1.165, 1.54) is 12.8 Å². The lowest BCUT2D eigenvalue weighted by Gasteiger charge is -2.21. The number of carbonyl (C=O) groups is 1. The van der Waals surface area contributed by atoms with Gasteiger partial charge in [0.15, 0.2) is 0 Å². The van der Waals surface area contributed by atoms with Crippen molar-refractivity contribution in [2.24, 2.45) is 0 Å². The third-order valence-corrected chi connectivity index (χ3v) is 2.26. The molecular formula is C7H11NO2. The monoisotopic (exact) mass is 141 g/mol. The second-order valence-corrected chi connectivity index (χ2v) is 2.98. The fourth-order valence-electron chi connectivity index (χ4n) is 1.73. The predicted octanol–water partition coefficient (Wildman–Crippen LogP) is 1.04. The van der Waals surface area contributed by atoms with Crippen LogP contribution in [0.1, 0.15) is 25.7 Å². The second-order valence-electron chi connectivity index (χ2n) is 2.98. The molecule has 1 heterocycles. The molecular weight excluding hydrogens is 130 g/mol. The highest BCUT2D eigenvalue weighted by molar-refractivity contribution is 5.70. The van der Waals surface area contributed by atoms with Gasteiger partial charge in [0.2, 0.25) is 0 Å². The Morgan fingerprint density at radius 2 is 2.20 bits per heavy atom. The van der Waals surface area contributed by atoms with Crippen LogP contribution in [0.5, 0.6) is 0 Å². The van der Waals surface area contributed by atoms with Crippen LogP contribution in [-0.4, -0.2) is 18.2 Å². The van der Waals surface area contributed by atoms with Crippen LogP contribution in [0.2, 0.25) is 0 Å². The summed E-state index contributed by atoms with van der Waals surface area (Å²) in [5, 5.41) is 2.79. The lowest BCUT2D eigenvalue weighted by Crippen LogP contribution is -2.33. The van der Waals surface area contributed by atoms with Crippen molar-refractivity contribution < 1.29 is 9.53 Å². The van der Waals surface area contributed by atoms with Gasteiger partial charge in [0.1, 0.15) is 6.10 Å². The zero-order valence-electron chi connectivity index (χ0n) is 5.80. The first-order chi connectivity index (χ1) is 4.86.